The van der Waals surface area contributed by atoms with Gasteiger partial charge in [0.1, 0.15) is 5.49 Å². The summed E-state index contributed by atoms with van der Waals surface area (Å²) in [6.07, 6.45) is 4.70. The van der Waals surface area contributed by atoms with Crippen LogP contribution in [-0.2, 0) is 0 Å². The second-order valence-electron chi connectivity index (χ2n) is 5.11. The molecule has 1 aromatic carbocycles. The number of pyridine rings is 2. The lowest BCUT2D eigenvalue weighted by atomic mass is 9.99. The van der Waals surface area contributed by atoms with Gasteiger partial charge in [0.05, 0.1) is 12.0 Å². The molecule has 0 aliphatic carbocycles. The van der Waals surface area contributed by atoms with Gasteiger partial charge in [0.15, 0.2) is 0 Å². The third kappa shape index (κ3) is 2.59. The molecule has 2 N–H and O–H groups in total. The van der Waals surface area contributed by atoms with Crippen LogP contribution in [0.15, 0.2) is 60.9 Å². The maximum atomic E-state index is 7.77. The Kier molecular flexibility index (Phi) is 3.66. The van der Waals surface area contributed by atoms with E-state index in [2.05, 4.69) is 24.0 Å². The Morgan fingerprint density at radius 3 is 2.68 bits per heavy atom. The van der Waals surface area contributed by atoms with Crippen LogP contribution in [-0.4, -0.2) is 15.9 Å². The highest BCUT2D eigenvalue weighted by atomic mass is 15.0. The van der Waals surface area contributed by atoms with Crippen LogP contribution in [0.25, 0.3) is 22.4 Å². The predicted molar refractivity (Wildman–Crippen MR) is 87.9 cm³/mol. The molecule has 0 saturated heterocycles. The molecule has 0 atom stereocenters. The molecule has 0 radical (unpaired) electrons. The molecule has 3 aromatic rings. The van der Waals surface area contributed by atoms with Crippen molar-refractivity contribution >= 4 is 6.34 Å². The van der Waals surface area contributed by atoms with Gasteiger partial charge in [0, 0.05) is 29.1 Å². The van der Waals surface area contributed by atoms with Gasteiger partial charge in [-0.3, -0.25) is 20.4 Å². The number of nitrogens with one attached hydrogen (secondary N) is 2. The van der Waals surface area contributed by atoms with Crippen LogP contribution in [0.5, 0.6) is 0 Å². The number of aryl methyl sites for hydroxylation is 1. The highest BCUT2D eigenvalue weighted by Crippen LogP contribution is 2.29. The Morgan fingerprint density at radius 2 is 1.91 bits per heavy atom. The van der Waals surface area contributed by atoms with E-state index in [1.807, 2.05) is 30.3 Å². The summed E-state index contributed by atoms with van der Waals surface area (Å²) < 4.78 is 1.47. The summed E-state index contributed by atoms with van der Waals surface area (Å²) >= 11 is 0. The van der Waals surface area contributed by atoms with Gasteiger partial charge in [-0.1, -0.05) is 29.8 Å². The van der Waals surface area contributed by atoms with Gasteiger partial charge < -0.3 is 0 Å². The van der Waals surface area contributed by atoms with Gasteiger partial charge in [0.2, 0.25) is 0 Å². The Bertz CT molecular complexity index is 893. The fourth-order valence-corrected chi connectivity index (χ4v) is 2.44. The number of aromatic nitrogens is 2. The van der Waals surface area contributed by atoms with E-state index in [0.29, 0.717) is 0 Å². The van der Waals surface area contributed by atoms with Gasteiger partial charge in [-0.15, -0.1) is 0 Å². The van der Waals surface area contributed by atoms with Gasteiger partial charge in [-0.05, 0) is 31.2 Å². The van der Waals surface area contributed by atoms with Crippen molar-refractivity contribution in [3.05, 3.63) is 72.0 Å². The second kappa shape index (κ2) is 5.77. The maximum Gasteiger partial charge on any atom is 0.130 e. The number of nitrogens with zero attached hydrogens (tertiary/aromatic N) is 2. The SMILES string of the molecule is Cc1cccc(-c2ncccc2-c2ccc(=N)n(C=N)c2)c1. The number of benzene rings is 1. The van der Waals surface area contributed by atoms with Gasteiger partial charge in [-0.25, -0.2) is 0 Å². The van der Waals surface area contributed by atoms with E-state index in [-0.39, 0.29) is 5.49 Å². The Labute approximate surface area is 128 Å². The van der Waals surface area contributed by atoms with E-state index in [1.165, 1.54) is 10.1 Å². The quantitative estimate of drug-likeness (QED) is 0.562. The minimum Gasteiger partial charge on any atom is -0.292 e. The van der Waals surface area contributed by atoms with E-state index in [9.17, 15) is 0 Å². The molecule has 0 unspecified atom stereocenters. The Morgan fingerprint density at radius 1 is 1.05 bits per heavy atom. The van der Waals surface area contributed by atoms with Crippen molar-refractivity contribution in [2.75, 3.05) is 0 Å². The van der Waals surface area contributed by atoms with Crippen molar-refractivity contribution in [1.29, 1.82) is 10.8 Å². The molecule has 0 fully saturated rings. The number of hydrogen-bond acceptors (Lipinski definition) is 3. The van der Waals surface area contributed by atoms with E-state index in [4.69, 9.17) is 10.8 Å². The van der Waals surface area contributed by atoms with E-state index >= 15 is 0 Å². The molecule has 0 spiro atoms. The lowest BCUT2D eigenvalue weighted by molar-refractivity contribution is 0.988. The van der Waals surface area contributed by atoms with Crippen LogP contribution in [0, 0.1) is 17.7 Å². The van der Waals surface area contributed by atoms with E-state index in [0.717, 1.165) is 28.7 Å². The van der Waals surface area contributed by atoms with Crippen molar-refractivity contribution in [2.45, 2.75) is 6.92 Å². The Balaban J connectivity index is 2.21. The van der Waals surface area contributed by atoms with Crippen LogP contribution in [0.1, 0.15) is 5.56 Å². The third-order valence-electron chi connectivity index (χ3n) is 3.53. The van der Waals surface area contributed by atoms with Gasteiger partial charge in [-0.2, -0.15) is 0 Å². The molecule has 4 heteroatoms. The molecule has 108 valence electrons. The van der Waals surface area contributed by atoms with Crippen LogP contribution in [0.2, 0.25) is 0 Å². The minimum absolute atomic E-state index is 0.278. The first-order valence-electron chi connectivity index (χ1n) is 6.99. The van der Waals surface area contributed by atoms with Gasteiger partial charge in [0.25, 0.3) is 0 Å². The second-order valence-corrected chi connectivity index (χ2v) is 5.11. The Hall–Kier alpha value is -3.01. The molecule has 0 bridgehead atoms. The molecule has 2 aromatic heterocycles. The zero-order valence-electron chi connectivity index (χ0n) is 12.2. The summed E-state index contributed by atoms with van der Waals surface area (Å²) in [6, 6.07) is 15.7. The molecular weight excluding hydrogens is 272 g/mol. The fraction of sp³-hybridized carbons (Fsp3) is 0.0556. The maximum absolute atomic E-state index is 7.77. The van der Waals surface area contributed by atoms with Gasteiger partial charge >= 0.3 is 0 Å². The topological polar surface area (TPSA) is 65.5 Å². The monoisotopic (exact) mass is 288 g/mol. The summed E-state index contributed by atoms with van der Waals surface area (Å²) in [6.45, 7) is 2.06. The standard InChI is InChI=1S/C18H16N4/c1-13-4-2-5-14(10-13)18-16(6-3-9-21-18)15-7-8-17(20)22(11-15)12-19/h2-12,19-20H,1H3. The third-order valence-corrected chi connectivity index (χ3v) is 3.53. The van der Waals surface area contributed by atoms with Crippen LogP contribution in [0.4, 0.5) is 0 Å². The van der Waals surface area contributed by atoms with Crippen LogP contribution < -0.4 is 5.49 Å². The average molecular weight is 288 g/mol. The molecule has 3 rings (SSSR count). The number of rotatable bonds is 3. The van der Waals surface area contributed by atoms with E-state index < -0.39 is 0 Å². The summed E-state index contributed by atoms with van der Waals surface area (Å²) in [5.74, 6) is 0. The van der Waals surface area contributed by atoms with Crippen LogP contribution >= 0.6 is 0 Å². The number of hydrogen-bond donors (Lipinski definition) is 2. The summed E-state index contributed by atoms with van der Waals surface area (Å²) in [5.41, 5.74) is 5.35. The first-order valence-corrected chi connectivity index (χ1v) is 6.99. The molecule has 0 amide bonds. The minimum atomic E-state index is 0.278. The summed E-state index contributed by atoms with van der Waals surface area (Å²) in [4.78, 5) is 4.53. The molecule has 0 aliphatic rings. The summed E-state index contributed by atoms with van der Waals surface area (Å²) in [5, 5.41) is 15.2. The largest absolute Gasteiger partial charge is 0.292 e. The van der Waals surface area contributed by atoms with Crippen molar-refractivity contribution in [3.8, 4) is 22.4 Å². The molecule has 0 saturated carbocycles. The highest BCUT2D eigenvalue weighted by molar-refractivity contribution is 5.80. The summed E-state index contributed by atoms with van der Waals surface area (Å²) in [7, 11) is 0. The van der Waals surface area contributed by atoms with Crippen LogP contribution in [0.3, 0.4) is 0 Å². The van der Waals surface area contributed by atoms with Crippen molar-refractivity contribution < 1.29 is 0 Å². The molecule has 0 aliphatic heterocycles. The average Bonchev–Trinajstić information content (AvgIpc) is 2.55. The highest BCUT2D eigenvalue weighted by Gasteiger charge is 2.09. The first kappa shape index (κ1) is 13.9. The zero-order valence-corrected chi connectivity index (χ0v) is 12.2. The van der Waals surface area contributed by atoms with Crippen molar-refractivity contribution in [3.63, 3.8) is 0 Å². The lowest BCUT2D eigenvalue weighted by Crippen LogP contribution is -2.17. The normalized spacial score (nSPS) is 10.4. The fourth-order valence-electron chi connectivity index (χ4n) is 2.44. The first-order chi connectivity index (χ1) is 10.7. The predicted octanol–water partition coefficient (Wildman–Crippen LogP) is 3.46. The molecule has 4 nitrogen and oxygen atoms in total. The molecule has 2 heterocycles. The smallest absolute Gasteiger partial charge is 0.130 e. The molecular formula is C18H16N4. The van der Waals surface area contributed by atoms with E-state index in [1.54, 1.807) is 18.5 Å². The van der Waals surface area contributed by atoms with Crippen molar-refractivity contribution in [1.82, 2.24) is 9.55 Å². The zero-order chi connectivity index (χ0) is 15.5. The van der Waals surface area contributed by atoms with Crippen molar-refractivity contribution in [2.24, 2.45) is 0 Å². The molecule has 22 heavy (non-hydrogen) atoms. The lowest BCUT2D eigenvalue weighted by Gasteiger charge is -2.10.